The molecule has 0 saturated heterocycles. The SMILES string of the molecule is COc1nscc1S(=O)(=O)NCC1(C)CC1(C)C. The number of nitrogens with zero attached hydrogens (tertiary/aromatic N) is 1. The Hall–Kier alpha value is -0.660. The lowest BCUT2D eigenvalue weighted by Crippen LogP contribution is -2.31. The number of sulfonamides is 1. The van der Waals surface area contributed by atoms with Crippen LogP contribution in [0.3, 0.4) is 0 Å². The number of ether oxygens (including phenoxy) is 1. The summed E-state index contributed by atoms with van der Waals surface area (Å²) in [6.45, 7) is 6.84. The first-order valence-electron chi connectivity index (χ1n) is 5.70. The Labute approximate surface area is 112 Å². The average Bonchev–Trinajstić information content (AvgIpc) is 2.70. The lowest BCUT2D eigenvalue weighted by molar-refractivity contribution is 0.389. The van der Waals surface area contributed by atoms with Crippen LogP contribution in [0.5, 0.6) is 5.88 Å². The second-order valence-corrected chi connectivity index (χ2v) is 8.00. The number of hydrogen-bond donors (Lipinski definition) is 1. The zero-order valence-corrected chi connectivity index (χ0v) is 12.6. The number of aromatic nitrogens is 1. The van der Waals surface area contributed by atoms with E-state index >= 15 is 0 Å². The van der Waals surface area contributed by atoms with Gasteiger partial charge in [0.1, 0.15) is 0 Å². The Balaban J connectivity index is 2.10. The van der Waals surface area contributed by atoms with Crippen molar-refractivity contribution in [3.05, 3.63) is 5.38 Å². The molecule has 0 bridgehead atoms. The molecular formula is C11H18N2O3S2. The summed E-state index contributed by atoms with van der Waals surface area (Å²) in [5.74, 6) is 0.160. The predicted octanol–water partition coefficient (Wildman–Crippen LogP) is 1.87. The lowest BCUT2D eigenvalue weighted by Gasteiger charge is -2.15. The van der Waals surface area contributed by atoms with Crippen molar-refractivity contribution < 1.29 is 13.2 Å². The van der Waals surface area contributed by atoms with E-state index < -0.39 is 10.0 Å². The highest BCUT2D eigenvalue weighted by Crippen LogP contribution is 2.62. The van der Waals surface area contributed by atoms with Gasteiger partial charge in [0, 0.05) is 11.9 Å². The summed E-state index contributed by atoms with van der Waals surface area (Å²) >= 11 is 1.07. The van der Waals surface area contributed by atoms with Gasteiger partial charge < -0.3 is 4.74 Å². The van der Waals surface area contributed by atoms with Crippen molar-refractivity contribution in [1.82, 2.24) is 9.10 Å². The van der Waals surface area contributed by atoms with Crippen LogP contribution in [-0.2, 0) is 10.0 Å². The van der Waals surface area contributed by atoms with Gasteiger partial charge in [-0.2, -0.15) is 4.37 Å². The molecule has 1 fully saturated rings. The maximum absolute atomic E-state index is 12.1. The van der Waals surface area contributed by atoms with E-state index in [4.69, 9.17) is 4.74 Å². The quantitative estimate of drug-likeness (QED) is 0.899. The average molecular weight is 290 g/mol. The molecular weight excluding hydrogens is 272 g/mol. The molecule has 102 valence electrons. The van der Waals surface area contributed by atoms with Crippen LogP contribution in [0.1, 0.15) is 27.2 Å². The van der Waals surface area contributed by atoms with E-state index in [2.05, 4.69) is 29.9 Å². The second kappa shape index (κ2) is 4.18. The molecule has 1 aromatic heterocycles. The molecule has 1 heterocycles. The van der Waals surface area contributed by atoms with Crippen molar-refractivity contribution in [3.63, 3.8) is 0 Å². The van der Waals surface area contributed by atoms with Gasteiger partial charge in [-0.25, -0.2) is 13.1 Å². The molecule has 2 rings (SSSR count). The molecule has 0 aromatic carbocycles. The number of methoxy groups -OCH3 is 1. The van der Waals surface area contributed by atoms with E-state index in [1.807, 2.05) is 0 Å². The van der Waals surface area contributed by atoms with Crippen molar-refractivity contribution in [2.45, 2.75) is 32.1 Å². The Bertz CT molecular complexity index is 550. The van der Waals surface area contributed by atoms with Gasteiger partial charge >= 0.3 is 0 Å². The van der Waals surface area contributed by atoms with Crippen LogP contribution in [0, 0.1) is 10.8 Å². The molecule has 1 atom stereocenters. The first-order valence-corrected chi connectivity index (χ1v) is 8.02. The largest absolute Gasteiger partial charge is 0.479 e. The number of hydrogen-bond acceptors (Lipinski definition) is 5. The molecule has 0 spiro atoms. The Morgan fingerprint density at radius 3 is 2.61 bits per heavy atom. The van der Waals surface area contributed by atoms with E-state index in [1.165, 1.54) is 12.5 Å². The molecule has 1 aromatic rings. The van der Waals surface area contributed by atoms with Crippen molar-refractivity contribution >= 4 is 21.6 Å². The van der Waals surface area contributed by atoms with E-state index in [-0.39, 0.29) is 21.6 Å². The van der Waals surface area contributed by atoms with Crippen LogP contribution in [0.15, 0.2) is 10.3 Å². The third kappa shape index (κ3) is 2.26. The first-order chi connectivity index (χ1) is 8.22. The fourth-order valence-electron chi connectivity index (χ4n) is 2.10. The molecule has 0 radical (unpaired) electrons. The molecule has 1 N–H and O–H groups in total. The van der Waals surface area contributed by atoms with Gasteiger partial charge in [0.05, 0.1) is 7.11 Å². The monoisotopic (exact) mass is 290 g/mol. The van der Waals surface area contributed by atoms with Crippen LogP contribution >= 0.6 is 11.5 Å². The Morgan fingerprint density at radius 2 is 2.11 bits per heavy atom. The molecule has 1 aliphatic rings. The summed E-state index contributed by atoms with van der Waals surface area (Å²) < 4.78 is 35.8. The standard InChI is InChI=1S/C11H18N2O3S2/c1-10(2)6-11(10,3)7-12-18(14,15)8-5-17-13-9(8)16-4/h5,12H,6-7H2,1-4H3. The molecule has 1 unspecified atom stereocenters. The van der Waals surface area contributed by atoms with Crippen molar-refractivity contribution in [2.24, 2.45) is 10.8 Å². The van der Waals surface area contributed by atoms with Crippen LogP contribution in [0.2, 0.25) is 0 Å². The summed E-state index contributed by atoms with van der Waals surface area (Å²) in [4.78, 5) is 0.122. The number of nitrogens with one attached hydrogen (secondary N) is 1. The summed E-state index contributed by atoms with van der Waals surface area (Å²) in [6, 6.07) is 0. The van der Waals surface area contributed by atoms with Crippen molar-refractivity contribution in [2.75, 3.05) is 13.7 Å². The molecule has 1 saturated carbocycles. The fraction of sp³-hybridized carbons (Fsp3) is 0.727. The maximum Gasteiger partial charge on any atom is 0.246 e. The normalized spacial score (nSPS) is 26.0. The third-order valence-corrected chi connectivity index (χ3v) is 6.14. The van der Waals surface area contributed by atoms with E-state index in [0.717, 1.165) is 18.0 Å². The molecule has 0 aliphatic heterocycles. The van der Waals surface area contributed by atoms with Gasteiger partial charge in [0.2, 0.25) is 15.9 Å². The van der Waals surface area contributed by atoms with Gasteiger partial charge in [0.25, 0.3) is 0 Å². The summed E-state index contributed by atoms with van der Waals surface area (Å²) in [6.07, 6.45) is 1.03. The smallest absolute Gasteiger partial charge is 0.246 e. The van der Waals surface area contributed by atoms with Crippen LogP contribution in [0.4, 0.5) is 0 Å². The van der Waals surface area contributed by atoms with E-state index in [0.29, 0.717) is 6.54 Å². The van der Waals surface area contributed by atoms with Crippen LogP contribution in [0.25, 0.3) is 0 Å². The Morgan fingerprint density at radius 1 is 1.50 bits per heavy atom. The maximum atomic E-state index is 12.1. The first kappa shape index (κ1) is 13.8. The highest BCUT2D eigenvalue weighted by atomic mass is 32.2. The number of rotatable bonds is 5. The summed E-state index contributed by atoms with van der Waals surface area (Å²) in [5.41, 5.74) is 0.239. The van der Waals surface area contributed by atoms with Gasteiger partial charge in [-0.1, -0.05) is 20.8 Å². The van der Waals surface area contributed by atoms with Gasteiger partial charge in [0.15, 0.2) is 4.90 Å². The van der Waals surface area contributed by atoms with Crippen molar-refractivity contribution in [3.8, 4) is 5.88 Å². The van der Waals surface area contributed by atoms with Crippen LogP contribution in [-0.4, -0.2) is 26.4 Å². The van der Waals surface area contributed by atoms with E-state index in [9.17, 15) is 8.42 Å². The topological polar surface area (TPSA) is 68.3 Å². The highest BCUT2D eigenvalue weighted by molar-refractivity contribution is 7.89. The van der Waals surface area contributed by atoms with Gasteiger partial charge in [-0.3, -0.25) is 0 Å². The molecule has 7 heteroatoms. The zero-order valence-electron chi connectivity index (χ0n) is 11.0. The van der Waals surface area contributed by atoms with Crippen molar-refractivity contribution in [1.29, 1.82) is 0 Å². The van der Waals surface area contributed by atoms with Gasteiger partial charge in [-0.15, -0.1) is 0 Å². The molecule has 1 aliphatic carbocycles. The van der Waals surface area contributed by atoms with Gasteiger partial charge in [-0.05, 0) is 28.8 Å². The minimum absolute atomic E-state index is 0.0384. The molecule has 18 heavy (non-hydrogen) atoms. The zero-order chi connectivity index (χ0) is 13.6. The van der Waals surface area contributed by atoms with E-state index in [1.54, 1.807) is 0 Å². The minimum Gasteiger partial charge on any atom is -0.479 e. The summed E-state index contributed by atoms with van der Waals surface area (Å²) in [7, 11) is -2.11. The molecule has 0 amide bonds. The third-order valence-electron chi connectivity index (χ3n) is 3.98. The fourth-order valence-corrected chi connectivity index (χ4v) is 4.33. The highest BCUT2D eigenvalue weighted by Gasteiger charge is 2.57. The lowest BCUT2D eigenvalue weighted by atomic mass is 9.99. The molecule has 5 nitrogen and oxygen atoms in total. The Kier molecular flexibility index (Phi) is 3.19. The van der Waals surface area contributed by atoms with Crippen LogP contribution < -0.4 is 9.46 Å². The summed E-state index contributed by atoms with van der Waals surface area (Å²) in [5, 5.41) is 1.49. The minimum atomic E-state index is -3.53. The predicted molar refractivity (Wildman–Crippen MR) is 70.4 cm³/mol. The second-order valence-electron chi connectivity index (χ2n) is 5.63.